The van der Waals surface area contributed by atoms with Crippen LogP contribution in [0, 0.1) is 6.92 Å². The van der Waals surface area contributed by atoms with Crippen molar-refractivity contribution in [1.29, 1.82) is 0 Å². The predicted molar refractivity (Wildman–Crippen MR) is 73.2 cm³/mol. The van der Waals surface area contributed by atoms with E-state index in [9.17, 15) is 0 Å². The average molecular weight is 235 g/mol. The van der Waals surface area contributed by atoms with Crippen molar-refractivity contribution in [3.63, 3.8) is 0 Å². The number of rotatable bonds is 3. The summed E-state index contributed by atoms with van der Waals surface area (Å²) >= 11 is 1.93. The molecule has 1 N–H and O–H groups in total. The summed E-state index contributed by atoms with van der Waals surface area (Å²) in [7, 11) is 0. The average Bonchev–Trinajstić information content (AvgIpc) is 2.31. The number of hydrogen-bond acceptors (Lipinski definition) is 2. The first-order chi connectivity index (χ1) is 7.81. The van der Waals surface area contributed by atoms with E-state index in [1.165, 1.54) is 31.5 Å². The lowest BCUT2D eigenvalue weighted by Gasteiger charge is -2.25. The maximum absolute atomic E-state index is 3.44. The topological polar surface area (TPSA) is 12.0 Å². The summed E-state index contributed by atoms with van der Waals surface area (Å²) in [6, 6.07) is 6.99. The Hall–Kier alpha value is -0.470. The predicted octanol–water partition coefficient (Wildman–Crippen LogP) is 3.33. The Morgan fingerprint density at radius 2 is 2.06 bits per heavy atom. The summed E-state index contributed by atoms with van der Waals surface area (Å²) in [4.78, 5) is 0. The minimum atomic E-state index is 0.781. The van der Waals surface area contributed by atoms with E-state index < -0.39 is 0 Å². The van der Waals surface area contributed by atoms with Crippen molar-refractivity contribution in [2.45, 2.75) is 31.4 Å². The fraction of sp³-hybridized carbons (Fsp3) is 0.571. The Bertz CT molecular complexity index is 343. The van der Waals surface area contributed by atoms with Gasteiger partial charge in [0.25, 0.3) is 0 Å². The highest BCUT2D eigenvalue weighted by atomic mass is 32.2. The van der Waals surface area contributed by atoms with Crippen molar-refractivity contribution in [2.75, 3.05) is 19.3 Å². The van der Waals surface area contributed by atoms with E-state index >= 15 is 0 Å². The third-order valence-corrected chi connectivity index (χ3v) is 3.98. The zero-order chi connectivity index (χ0) is 11.4. The van der Waals surface area contributed by atoms with E-state index in [0.29, 0.717) is 0 Å². The summed E-state index contributed by atoms with van der Waals surface area (Å²) in [5.41, 5.74) is 4.54. The highest BCUT2D eigenvalue weighted by molar-refractivity contribution is 7.97. The first-order valence-electron chi connectivity index (χ1n) is 6.10. The van der Waals surface area contributed by atoms with E-state index in [1.54, 1.807) is 11.1 Å². The highest BCUT2D eigenvalue weighted by Gasteiger charge is 2.17. The minimum absolute atomic E-state index is 0.781. The van der Waals surface area contributed by atoms with Gasteiger partial charge in [0.2, 0.25) is 0 Å². The zero-order valence-electron chi connectivity index (χ0n) is 10.3. The van der Waals surface area contributed by atoms with Crippen molar-refractivity contribution in [3.8, 4) is 0 Å². The van der Waals surface area contributed by atoms with Crippen molar-refractivity contribution in [1.82, 2.24) is 5.32 Å². The summed E-state index contributed by atoms with van der Waals surface area (Å²) in [6.45, 7) is 4.55. The molecule has 16 heavy (non-hydrogen) atoms. The molecule has 0 spiro atoms. The van der Waals surface area contributed by atoms with Crippen LogP contribution in [-0.4, -0.2) is 19.3 Å². The molecular formula is C14H21NS. The van der Waals surface area contributed by atoms with E-state index in [2.05, 4.69) is 36.7 Å². The summed E-state index contributed by atoms with van der Waals surface area (Å²) in [6.07, 6.45) is 4.78. The number of hydrogen-bond donors (Lipinski definition) is 1. The monoisotopic (exact) mass is 235 g/mol. The van der Waals surface area contributed by atoms with Crippen molar-refractivity contribution < 1.29 is 0 Å². The molecule has 0 bridgehead atoms. The zero-order valence-corrected chi connectivity index (χ0v) is 11.1. The second-order valence-corrected chi connectivity index (χ2v) is 5.53. The fourth-order valence-corrected chi connectivity index (χ4v) is 3.11. The second kappa shape index (κ2) is 5.74. The summed E-state index contributed by atoms with van der Waals surface area (Å²) in [5.74, 6) is 1.94. The molecule has 2 heteroatoms. The highest BCUT2D eigenvalue weighted by Crippen LogP contribution is 2.30. The van der Waals surface area contributed by atoms with Crippen LogP contribution in [-0.2, 0) is 5.75 Å². The van der Waals surface area contributed by atoms with Crippen LogP contribution in [0.5, 0.6) is 0 Å². The number of aryl methyl sites for hydroxylation is 1. The van der Waals surface area contributed by atoms with Gasteiger partial charge in [-0.05, 0) is 56.2 Å². The lowest BCUT2D eigenvalue weighted by atomic mass is 9.87. The molecule has 1 aromatic rings. The molecule has 0 unspecified atom stereocenters. The Morgan fingerprint density at radius 1 is 1.31 bits per heavy atom. The maximum atomic E-state index is 3.44. The van der Waals surface area contributed by atoms with Gasteiger partial charge in [-0.3, -0.25) is 0 Å². The van der Waals surface area contributed by atoms with Gasteiger partial charge in [-0.2, -0.15) is 11.8 Å². The van der Waals surface area contributed by atoms with Gasteiger partial charge in [0.05, 0.1) is 0 Å². The molecular weight excluding hydrogens is 214 g/mol. The van der Waals surface area contributed by atoms with Gasteiger partial charge >= 0.3 is 0 Å². The Balaban J connectivity index is 2.23. The molecule has 1 saturated heterocycles. The summed E-state index contributed by atoms with van der Waals surface area (Å²) < 4.78 is 0. The number of thioether (sulfide) groups is 1. The molecule has 0 aromatic heterocycles. The van der Waals surface area contributed by atoms with E-state index in [1.807, 2.05) is 11.8 Å². The Labute approximate surface area is 103 Å². The lowest BCUT2D eigenvalue weighted by Crippen LogP contribution is -2.27. The van der Waals surface area contributed by atoms with Gasteiger partial charge in [0.15, 0.2) is 0 Å². The van der Waals surface area contributed by atoms with E-state index in [-0.39, 0.29) is 0 Å². The van der Waals surface area contributed by atoms with Crippen LogP contribution in [0.2, 0.25) is 0 Å². The SMILES string of the molecule is CSCc1cc(C)ccc1C1CCNCC1. The molecule has 1 aliphatic heterocycles. The molecule has 1 nitrogen and oxygen atoms in total. The number of nitrogens with one attached hydrogen (secondary N) is 1. The van der Waals surface area contributed by atoms with Crippen molar-refractivity contribution >= 4 is 11.8 Å². The number of benzene rings is 1. The van der Waals surface area contributed by atoms with Crippen LogP contribution >= 0.6 is 11.8 Å². The third kappa shape index (κ3) is 2.80. The normalized spacial score (nSPS) is 17.6. The lowest BCUT2D eigenvalue weighted by molar-refractivity contribution is 0.459. The van der Waals surface area contributed by atoms with Gasteiger partial charge in [-0.15, -0.1) is 0 Å². The fourth-order valence-electron chi connectivity index (χ4n) is 2.55. The van der Waals surface area contributed by atoms with E-state index in [0.717, 1.165) is 11.7 Å². The summed E-state index contributed by atoms with van der Waals surface area (Å²) in [5, 5.41) is 3.44. The maximum Gasteiger partial charge on any atom is 0.0184 e. The van der Waals surface area contributed by atoms with Crippen LogP contribution in [0.15, 0.2) is 18.2 Å². The van der Waals surface area contributed by atoms with Crippen LogP contribution in [0.4, 0.5) is 0 Å². The first kappa shape index (κ1) is 12.0. The second-order valence-electron chi connectivity index (χ2n) is 4.66. The Morgan fingerprint density at radius 3 is 2.75 bits per heavy atom. The van der Waals surface area contributed by atoms with Crippen LogP contribution in [0.1, 0.15) is 35.4 Å². The molecule has 88 valence electrons. The molecule has 2 rings (SSSR count). The number of piperidine rings is 1. The van der Waals surface area contributed by atoms with Crippen LogP contribution in [0.3, 0.4) is 0 Å². The molecule has 0 radical (unpaired) electrons. The van der Waals surface area contributed by atoms with E-state index in [4.69, 9.17) is 0 Å². The van der Waals surface area contributed by atoms with Gasteiger partial charge < -0.3 is 5.32 Å². The van der Waals surface area contributed by atoms with Gasteiger partial charge in [0.1, 0.15) is 0 Å². The van der Waals surface area contributed by atoms with Crippen LogP contribution in [0.25, 0.3) is 0 Å². The molecule has 0 aliphatic carbocycles. The third-order valence-electron chi connectivity index (χ3n) is 3.38. The largest absolute Gasteiger partial charge is 0.317 e. The molecule has 0 atom stereocenters. The molecule has 0 saturated carbocycles. The van der Waals surface area contributed by atoms with Crippen LogP contribution < -0.4 is 5.32 Å². The quantitative estimate of drug-likeness (QED) is 0.862. The standard InChI is InChI=1S/C14H21NS/c1-11-3-4-14(13(9-11)10-16-2)12-5-7-15-8-6-12/h3-4,9,12,15H,5-8,10H2,1-2H3. The molecule has 1 heterocycles. The van der Waals surface area contributed by atoms with Gasteiger partial charge in [0, 0.05) is 5.75 Å². The molecule has 0 amide bonds. The molecule has 1 fully saturated rings. The van der Waals surface area contributed by atoms with Gasteiger partial charge in [-0.25, -0.2) is 0 Å². The Kier molecular flexibility index (Phi) is 4.30. The smallest absolute Gasteiger partial charge is 0.0184 e. The van der Waals surface area contributed by atoms with Gasteiger partial charge in [-0.1, -0.05) is 23.8 Å². The van der Waals surface area contributed by atoms with Crippen molar-refractivity contribution in [2.24, 2.45) is 0 Å². The molecule has 1 aliphatic rings. The van der Waals surface area contributed by atoms with Crippen molar-refractivity contribution in [3.05, 3.63) is 34.9 Å². The first-order valence-corrected chi connectivity index (χ1v) is 7.49. The minimum Gasteiger partial charge on any atom is -0.317 e. The molecule has 1 aromatic carbocycles.